The number of likely N-dealkylation sites (tertiary alicyclic amines) is 2. The van der Waals surface area contributed by atoms with E-state index in [9.17, 15) is 14.7 Å². The Morgan fingerprint density at radius 2 is 1.79 bits per heavy atom. The number of carboxylic acids is 1. The molecule has 2 aliphatic rings. The van der Waals surface area contributed by atoms with Gasteiger partial charge in [0.25, 0.3) is 0 Å². The molecule has 190 valence electrons. The zero-order chi connectivity index (χ0) is 24.7. The second kappa shape index (κ2) is 12.6. The predicted octanol–water partition coefficient (Wildman–Crippen LogP) is 5.07. The Bertz CT molecular complexity index is 824. The van der Waals surface area contributed by atoms with Crippen molar-refractivity contribution in [2.24, 2.45) is 11.3 Å². The topological polar surface area (TPSA) is 72.9 Å². The monoisotopic (exact) mass is 511 g/mol. The number of halogens is 2. The molecule has 6 nitrogen and oxygen atoms in total. The quantitative estimate of drug-likeness (QED) is 0.405. The van der Waals surface area contributed by atoms with Crippen molar-refractivity contribution in [1.29, 1.82) is 0 Å². The highest BCUT2D eigenvalue weighted by atomic mass is 35.5. The van der Waals surface area contributed by atoms with Gasteiger partial charge in [-0.3, -0.25) is 14.5 Å². The first-order valence-corrected chi connectivity index (χ1v) is 13.4. The molecule has 0 spiro atoms. The van der Waals surface area contributed by atoms with Gasteiger partial charge in [0.2, 0.25) is 5.91 Å². The molecule has 2 atom stereocenters. The summed E-state index contributed by atoms with van der Waals surface area (Å²) in [6.07, 6.45) is 6.69. The van der Waals surface area contributed by atoms with Gasteiger partial charge in [-0.2, -0.15) is 0 Å². The fraction of sp³-hybridized carbons (Fsp3) is 0.692. The largest absolute Gasteiger partial charge is 0.481 e. The molecule has 1 aromatic carbocycles. The number of carboxylic acid groups (broad SMARTS) is 1. The summed E-state index contributed by atoms with van der Waals surface area (Å²) in [7, 11) is 0. The summed E-state index contributed by atoms with van der Waals surface area (Å²) >= 11 is 12.7. The number of rotatable bonds is 11. The zero-order valence-corrected chi connectivity index (χ0v) is 22.0. The van der Waals surface area contributed by atoms with E-state index in [2.05, 4.69) is 22.0 Å². The third-order valence-corrected chi connectivity index (χ3v) is 8.30. The molecule has 2 saturated heterocycles. The lowest BCUT2D eigenvalue weighted by atomic mass is 9.75. The second-order valence-corrected chi connectivity index (χ2v) is 11.0. The van der Waals surface area contributed by atoms with Crippen LogP contribution in [0.2, 0.25) is 10.0 Å². The number of carbonyl (C=O) groups excluding carboxylic acids is 1. The van der Waals surface area contributed by atoms with Crippen LogP contribution in [0.5, 0.6) is 0 Å². The third-order valence-electron chi connectivity index (χ3n) is 7.59. The minimum Gasteiger partial charge on any atom is -0.481 e. The number of hydrogen-bond donors (Lipinski definition) is 2. The maximum atomic E-state index is 13.6. The Morgan fingerprint density at radius 3 is 2.41 bits per heavy atom. The van der Waals surface area contributed by atoms with Gasteiger partial charge in [0.05, 0.1) is 11.8 Å². The summed E-state index contributed by atoms with van der Waals surface area (Å²) in [5.74, 6) is -1.17. The van der Waals surface area contributed by atoms with E-state index in [4.69, 9.17) is 23.2 Å². The minimum absolute atomic E-state index is 0.0940. The molecule has 1 amide bonds. The highest BCUT2D eigenvalue weighted by Crippen LogP contribution is 2.41. The molecule has 0 aliphatic carbocycles. The Labute approximate surface area is 214 Å². The summed E-state index contributed by atoms with van der Waals surface area (Å²) in [4.78, 5) is 30.0. The lowest BCUT2D eigenvalue weighted by Gasteiger charge is -2.36. The van der Waals surface area contributed by atoms with Crippen LogP contribution in [0.25, 0.3) is 0 Å². The van der Waals surface area contributed by atoms with Crippen LogP contribution in [0.1, 0.15) is 64.4 Å². The molecule has 3 rings (SSSR count). The summed E-state index contributed by atoms with van der Waals surface area (Å²) in [6.45, 7) is 8.79. The molecule has 2 fully saturated rings. The average molecular weight is 513 g/mol. The number of nitrogens with zero attached hydrogens (tertiary/aromatic N) is 2. The van der Waals surface area contributed by atoms with Crippen molar-refractivity contribution in [2.45, 2.75) is 71.4 Å². The molecule has 0 bridgehead atoms. The van der Waals surface area contributed by atoms with Gasteiger partial charge in [0.1, 0.15) is 0 Å². The molecule has 2 aliphatic heterocycles. The lowest BCUT2D eigenvalue weighted by molar-refractivity contribution is -0.147. The summed E-state index contributed by atoms with van der Waals surface area (Å²) in [5.41, 5.74) is -0.146. The van der Waals surface area contributed by atoms with E-state index in [0.717, 1.165) is 38.0 Å². The maximum absolute atomic E-state index is 13.6. The molecule has 0 radical (unpaired) electrons. The van der Waals surface area contributed by atoms with Crippen molar-refractivity contribution in [3.05, 3.63) is 33.8 Å². The lowest BCUT2D eigenvalue weighted by Crippen LogP contribution is -2.52. The molecular formula is C26H39Cl2N3O3. The summed E-state index contributed by atoms with van der Waals surface area (Å²) in [6, 6.07) is 5.51. The maximum Gasteiger partial charge on any atom is 0.304 e. The number of amides is 1. The van der Waals surface area contributed by atoms with Crippen LogP contribution in [0.15, 0.2) is 18.2 Å². The van der Waals surface area contributed by atoms with E-state index < -0.39 is 11.4 Å². The number of benzene rings is 1. The Kier molecular flexibility index (Phi) is 10.1. The fourth-order valence-corrected chi connectivity index (χ4v) is 5.99. The van der Waals surface area contributed by atoms with Crippen molar-refractivity contribution in [2.75, 3.05) is 32.7 Å². The number of carbonyl (C=O) groups is 2. The van der Waals surface area contributed by atoms with Crippen LogP contribution in [0, 0.1) is 11.3 Å². The van der Waals surface area contributed by atoms with Crippen LogP contribution in [0.4, 0.5) is 0 Å². The van der Waals surface area contributed by atoms with Gasteiger partial charge in [-0.05, 0) is 43.9 Å². The van der Waals surface area contributed by atoms with Gasteiger partial charge in [-0.1, -0.05) is 62.4 Å². The molecule has 0 saturated carbocycles. The number of aliphatic carboxylic acids is 1. The minimum atomic E-state index is -0.961. The zero-order valence-electron chi connectivity index (χ0n) is 20.5. The normalized spacial score (nSPS) is 24.4. The van der Waals surface area contributed by atoms with Gasteiger partial charge < -0.3 is 15.3 Å². The van der Waals surface area contributed by atoms with Gasteiger partial charge >= 0.3 is 5.97 Å². The van der Waals surface area contributed by atoms with Crippen LogP contribution in [0.3, 0.4) is 0 Å². The second-order valence-electron chi connectivity index (χ2n) is 10.1. The van der Waals surface area contributed by atoms with Gasteiger partial charge in [0, 0.05) is 54.4 Å². The van der Waals surface area contributed by atoms with E-state index >= 15 is 0 Å². The molecule has 34 heavy (non-hydrogen) atoms. The van der Waals surface area contributed by atoms with Crippen molar-refractivity contribution in [3.8, 4) is 0 Å². The van der Waals surface area contributed by atoms with Crippen molar-refractivity contribution in [1.82, 2.24) is 15.1 Å². The van der Waals surface area contributed by atoms with Crippen molar-refractivity contribution in [3.63, 3.8) is 0 Å². The number of hydrogen-bond acceptors (Lipinski definition) is 4. The third kappa shape index (κ3) is 6.87. The van der Waals surface area contributed by atoms with E-state index in [1.807, 2.05) is 6.92 Å². The molecule has 2 heterocycles. The molecule has 1 aromatic rings. The van der Waals surface area contributed by atoms with Crippen LogP contribution in [-0.4, -0.2) is 65.5 Å². The van der Waals surface area contributed by atoms with Crippen molar-refractivity contribution >= 4 is 35.1 Å². The van der Waals surface area contributed by atoms with E-state index in [1.54, 1.807) is 18.2 Å². The first-order valence-electron chi connectivity index (χ1n) is 12.7. The van der Waals surface area contributed by atoms with Gasteiger partial charge in [-0.25, -0.2) is 0 Å². The van der Waals surface area contributed by atoms with Crippen LogP contribution < -0.4 is 5.32 Å². The molecular weight excluding hydrogens is 473 g/mol. The summed E-state index contributed by atoms with van der Waals surface area (Å²) < 4.78 is 0. The van der Waals surface area contributed by atoms with Crippen LogP contribution >= 0.6 is 23.2 Å². The Hall–Kier alpha value is -1.34. The fourth-order valence-electron chi connectivity index (χ4n) is 5.48. The van der Waals surface area contributed by atoms with E-state index in [-0.39, 0.29) is 24.3 Å². The Morgan fingerprint density at radius 1 is 1.12 bits per heavy atom. The first-order chi connectivity index (χ1) is 16.2. The average Bonchev–Trinajstić information content (AvgIpc) is 3.10. The van der Waals surface area contributed by atoms with Gasteiger partial charge in [-0.15, -0.1) is 0 Å². The summed E-state index contributed by atoms with van der Waals surface area (Å²) in [5, 5.41) is 14.1. The van der Waals surface area contributed by atoms with Crippen LogP contribution in [-0.2, 0) is 16.1 Å². The Balaban J connectivity index is 1.61. The molecule has 8 heteroatoms. The van der Waals surface area contributed by atoms with E-state index in [1.165, 1.54) is 25.7 Å². The highest BCUT2D eigenvalue weighted by molar-refractivity contribution is 6.35. The highest BCUT2D eigenvalue weighted by Gasteiger charge is 2.51. The first kappa shape index (κ1) is 27.3. The predicted molar refractivity (Wildman–Crippen MR) is 137 cm³/mol. The van der Waals surface area contributed by atoms with Gasteiger partial charge in [0.15, 0.2) is 0 Å². The van der Waals surface area contributed by atoms with E-state index in [0.29, 0.717) is 29.7 Å². The number of nitrogens with one attached hydrogen (secondary N) is 1. The molecule has 0 aromatic heterocycles. The number of unbranched alkanes of at least 4 members (excludes halogenated alkanes) is 3. The number of piperidine rings is 1. The smallest absolute Gasteiger partial charge is 0.304 e. The van der Waals surface area contributed by atoms with Crippen molar-refractivity contribution < 1.29 is 14.7 Å². The SMILES string of the molecule is CCCCCCN1CCC(NC(=O)[C@@]2(CC(=O)O)CN(Cc3c(Cl)cccc3Cl)C[C@@H]2C)CC1. The molecule has 2 N–H and O–H groups in total. The molecule has 0 unspecified atom stereocenters. The standard InChI is InChI=1S/C26H39Cl2N3O3/c1-3-4-5-6-12-30-13-10-20(11-14-30)29-25(34)26(15-24(32)33)18-31(16-19(26)2)17-21-22(27)8-7-9-23(21)28/h7-9,19-20H,3-6,10-18H2,1-2H3,(H,29,34)(H,32,33)/t19-,26-/m0/s1.